The standard InChI is InChI=1S/C11H19NO2S/c13-11-5-2-1-4-10(11)12-6-3-8-15(14)9-7-12/h10H,1-9H2. The molecule has 2 fully saturated rings. The van der Waals surface area contributed by atoms with Gasteiger partial charge in [0.25, 0.3) is 0 Å². The van der Waals surface area contributed by atoms with E-state index in [0.717, 1.165) is 50.3 Å². The highest BCUT2D eigenvalue weighted by molar-refractivity contribution is 7.85. The van der Waals surface area contributed by atoms with E-state index in [-0.39, 0.29) is 6.04 Å². The minimum atomic E-state index is -0.647. The quantitative estimate of drug-likeness (QED) is 0.672. The van der Waals surface area contributed by atoms with Gasteiger partial charge in [-0.15, -0.1) is 0 Å². The third-order valence-electron chi connectivity index (χ3n) is 3.39. The Morgan fingerprint density at radius 1 is 1.13 bits per heavy atom. The molecule has 0 bridgehead atoms. The lowest BCUT2D eigenvalue weighted by atomic mass is 9.93. The van der Waals surface area contributed by atoms with E-state index in [1.807, 2.05) is 0 Å². The number of carbonyl (C=O) groups excluding carboxylic acids is 1. The summed E-state index contributed by atoms with van der Waals surface area (Å²) in [5.41, 5.74) is 0. The van der Waals surface area contributed by atoms with Gasteiger partial charge < -0.3 is 0 Å². The van der Waals surface area contributed by atoms with E-state index in [1.54, 1.807) is 0 Å². The number of ketones is 1. The van der Waals surface area contributed by atoms with Gasteiger partial charge in [-0.05, 0) is 25.8 Å². The molecule has 4 heteroatoms. The van der Waals surface area contributed by atoms with Crippen molar-refractivity contribution >= 4 is 16.6 Å². The van der Waals surface area contributed by atoms with Crippen molar-refractivity contribution in [1.29, 1.82) is 0 Å². The number of rotatable bonds is 1. The van der Waals surface area contributed by atoms with Crippen LogP contribution in [0.5, 0.6) is 0 Å². The second-order valence-electron chi connectivity index (χ2n) is 4.47. The molecule has 0 spiro atoms. The van der Waals surface area contributed by atoms with Gasteiger partial charge in [-0.2, -0.15) is 0 Å². The Morgan fingerprint density at radius 3 is 2.80 bits per heavy atom. The Bertz CT molecular complexity index is 267. The molecule has 0 aromatic carbocycles. The van der Waals surface area contributed by atoms with Crippen LogP contribution in [0.1, 0.15) is 32.1 Å². The molecule has 0 radical (unpaired) electrons. The number of nitrogens with zero attached hydrogens (tertiary/aromatic N) is 1. The van der Waals surface area contributed by atoms with Gasteiger partial charge in [0.2, 0.25) is 0 Å². The first kappa shape index (κ1) is 11.3. The Morgan fingerprint density at radius 2 is 2.00 bits per heavy atom. The Kier molecular flexibility index (Phi) is 3.92. The van der Waals surface area contributed by atoms with Gasteiger partial charge in [-0.1, -0.05) is 6.42 Å². The van der Waals surface area contributed by atoms with Crippen molar-refractivity contribution < 1.29 is 9.00 Å². The Balaban J connectivity index is 1.96. The Hall–Kier alpha value is -0.220. The van der Waals surface area contributed by atoms with E-state index in [0.29, 0.717) is 5.78 Å². The van der Waals surface area contributed by atoms with Crippen LogP contribution >= 0.6 is 0 Å². The van der Waals surface area contributed by atoms with Crippen LogP contribution in [0.2, 0.25) is 0 Å². The molecule has 15 heavy (non-hydrogen) atoms. The van der Waals surface area contributed by atoms with Gasteiger partial charge in [-0.3, -0.25) is 13.9 Å². The maximum Gasteiger partial charge on any atom is 0.149 e. The molecule has 2 rings (SSSR count). The zero-order valence-electron chi connectivity index (χ0n) is 9.11. The highest BCUT2D eigenvalue weighted by Crippen LogP contribution is 2.20. The third-order valence-corrected chi connectivity index (χ3v) is 4.77. The molecular weight excluding hydrogens is 210 g/mol. The van der Waals surface area contributed by atoms with E-state index in [4.69, 9.17) is 0 Å². The minimum absolute atomic E-state index is 0.147. The van der Waals surface area contributed by atoms with Crippen molar-refractivity contribution in [3.63, 3.8) is 0 Å². The van der Waals surface area contributed by atoms with Crippen LogP contribution in [-0.2, 0) is 15.6 Å². The third kappa shape index (κ3) is 2.88. The largest absolute Gasteiger partial charge is 0.298 e. The number of hydrogen-bond donors (Lipinski definition) is 0. The highest BCUT2D eigenvalue weighted by atomic mass is 32.2. The molecule has 2 aliphatic rings. The molecule has 1 saturated heterocycles. The normalized spacial score (nSPS) is 35.1. The molecule has 1 saturated carbocycles. The van der Waals surface area contributed by atoms with Gasteiger partial charge in [0.1, 0.15) is 5.78 Å². The summed E-state index contributed by atoms with van der Waals surface area (Å²) in [6, 6.07) is 0.147. The molecular formula is C11H19NO2S. The lowest BCUT2D eigenvalue weighted by molar-refractivity contribution is -0.126. The van der Waals surface area contributed by atoms with E-state index >= 15 is 0 Å². The predicted molar refractivity (Wildman–Crippen MR) is 61.3 cm³/mol. The lowest BCUT2D eigenvalue weighted by Crippen LogP contribution is -2.44. The Labute approximate surface area is 93.7 Å². The summed E-state index contributed by atoms with van der Waals surface area (Å²) in [6.07, 6.45) is 5.00. The first-order valence-corrected chi connectivity index (χ1v) is 7.38. The summed E-state index contributed by atoms with van der Waals surface area (Å²) >= 11 is 0. The van der Waals surface area contributed by atoms with Gasteiger partial charge in [0, 0.05) is 35.3 Å². The van der Waals surface area contributed by atoms with Crippen molar-refractivity contribution in [3.05, 3.63) is 0 Å². The number of Topliss-reactive ketones (excluding diaryl/α,β-unsaturated/α-hetero) is 1. The van der Waals surface area contributed by atoms with Crippen LogP contribution in [0, 0.1) is 0 Å². The minimum Gasteiger partial charge on any atom is -0.298 e. The molecule has 3 nitrogen and oxygen atoms in total. The summed E-state index contributed by atoms with van der Waals surface area (Å²) in [4.78, 5) is 14.0. The average molecular weight is 229 g/mol. The van der Waals surface area contributed by atoms with Gasteiger partial charge in [0.05, 0.1) is 6.04 Å². The van der Waals surface area contributed by atoms with Crippen molar-refractivity contribution in [3.8, 4) is 0 Å². The van der Waals surface area contributed by atoms with Crippen molar-refractivity contribution in [1.82, 2.24) is 4.90 Å². The molecule has 2 unspecified atom stereocenters. The van der Waals surface area contributed by atoms with Crippen LogP contribution in [0.4, 0.5) is 0 Å². The molecule has 0 amide bonds. The van der Waals surface area contributed by atoms with Gasteiger partial charge in [-0.25, -0.2) is 0 Å². The highest BCUT2D eigenvalue weighted by Gasteiger charge is 2.28. The molecule has 2 atom stereocenters. The molecule has 1 aliphatic heterocycles. The van der Waals surface area contributed by atoms with Crippen LogP contribution in [0.3, 0.4) is 0 Å². The first-order chi connectivity index (χ1) is 7.27. The smallest absolute Gasteiger partial charge is 0.149 e. The predicted octanol–water partition coefficient (Wildman–Crippen LogP) is 0.953. The fourth-order valence-electron chi connectivity index (χ4n) is 2.52. The van der Waals surface area contributed by atoms with E-state index in [1.165, 1.54) is 6.42 Å². The maximum absolute atomic E-state index is 11.8. The monoisotopic (exact) mass is 229 g/mol. The average Bonchev–Trinajstić information content (AvgIpc) is 2.44. The molecule has 1 aliphatic carbocycles. The summed E-state index contributed by atoms with van der Waals surface area (Å²) in [7, 11) is -0.647. The van der Waals surface area contributed by atoms with Crippen LogP contribution in [0.15, 0.2) is 0 Å². The van der Waals surface area contributed by atoms with Crippen LogP contribution in [0.25, 0.3) is 0 Å². The number of carbonyl (C=O) groups is 1. The van der Waals surface area contributed by atoms with Crippen molar-refractivity contribution in [2.75, 3.05) is 24.6 Å². The second kappa shape index (κ2) is 5.21. The summed E-state index contributed by atoms with van der Waals surface area (Å²) < 4.78 is 11.4. The molecule has 86 valence electrons. The van der Waals surface area contributed by atoms with Crippen molar-refractivity contribution in [2.45, 2.75) is 38.1 Å². The van der Waals surface area contributed by atoms with E-state index < -0.39 is 10.8 Å². The second-order valence-corrected chi connectivity index (χ2v) is 6.16. The zero-order valence-corrected chi connectivity index (χ0v) is 9.93. The first-order valence-electron chi connectivity index (χ1n) is 5.89. The van der Waals surface area contributed by atoms with Crippen molar-refractivity contribution in [2.24, 2.45) is 0 Å². The summed E-state index contributed by atoms with van der Waals surface area (Å²) in [5.74, 6) is 1.98. The maximum atomic E-state index is 11.8. The van der Waals surface area contributed by atoms with Gasteiger partial charge >= 0.3 is 0 Å². The number of hydrogen-bond acceptors (Lipinski definition) is 3. The SMILES string of the molecule is O=C1CCCCC1N1CCCS(=O)CC1. The summed E-state index contributed by atoms with van der Waals surface area (Å²) in [5, 5.41) is 0. The van der Waals surface area contributed by atoms with E-state index in [2.05, 4.69) is 4.90 Å². The van der Waals surface area contributed by atoms with Gasteiger partial charge in [0.15, 0.2) is 0 Å². The fraction of sp³-hybridized carbons (Fsp3) is 0.909. The van der Waals surface area contributed by atoms with Crippen LogP contribution < -0.4 is 0 Å². The molecule has 0 aromatic rings. The zero-order chi connectivity index (χ0) is 10.7. The topological polar surface area (TPSA) is 37.4 Å². The molecule has 0 N–H and O–H groups in total. The molecule has 0 aromatic heterocycles. The van der Waals surface area contributed by atoms with E-state index in [9.17, 15) is 9.00 Å². The lowest BCUT2D eigenvalue weighted by Gasteiger charge is -2.31. The fourth-order valence-corrected chi connectivity index (χ4v) is 3.62. The van der Waals surface area contributed by atoms with Crippen LogP contribution in [-0.4, -0.2) is 45.5 Å². The summed E-state index contributed by atoms with van der Waals surface area (Å²) in [6.45, 7) is 1.81. The molecule has 1 heterocycles.